The minimum Gasteiger partial charge on any atom is -0.508 e. The third kappa shape index (κ3) is 22.3. The maximum absolute atomic E-state index is 12.9. The number of nitrogen functional groups attached to an aromatic ring is 1. The first-order chi connectivity index (χ1) is 35.5. The first-order valence-corrected chi connectivity index (χ1v) is 21.4. The smallest absolute Gasteiger partial charge is 0.343 e. The molecular weight excluding hydrogens is 987 g/mol. The van der Waals surface area contributed by atoms with Gasteiger partial charge in [0, 0.05) is 60.6 Å². The summed E-state index contributed by atoms with van der Waals surface area (Å²) in [6.07, 6.45) is 3.99. The Labute approximate surface area is 425 Å². The number of aromatic hydroxyl groups is 2. The summed E-state index contributed by atoms with van der Waals surface area (Å²) >= 11 is 5.12. The molecule has 16 nitrogen and oxygen atoms in total. The number of non-ortho nitro benzene ring substituents is 2. The van der Waals surface area contributed by atoms with Crippen molar-refractivity contribution in [2.24, 2.45) is 9.98 Å². The lowest BCUT2D eigenvalue weighted by Gasteiger charge is -2.04. The topological polar surface area (TPSA) is 258 Å². The van der Waals surface area contributed by atoms with Gasteiger partial charge >= 0.3 is 5.97 Å². The van der Waals surface area contributed by atoms with E-state index in [1.54, 1.807) is 97.4 Å². The minimum absolute atomic E-state index is 0.0890. The molecule has 378 valence electrons. The summed E-state index contributed by atoms with van der Waals surface area (Å²) in [5.74, 6) is -0.844. The van der Waals surface area contributed by atoms with Crippen LogP contribution in [0.5, 0.6) is 17.2 Å². The number of nitrogens with zero attached hydrogens (tertiary/aromatic N) is 4. The number of ether oxygens (including phenoxy) is 1. The van der Waals surface area contributed by atoms with Crippen molar-refractivity contribution in [3.63, 3.8) is 0 Å². The number of phenols is 2. The number of halogens is 4. The summed E-state index contributed by atoms with van der Waals surface area (Å²) in [5, 5.41) is 45.1. The van der Waals surface area contributed by atoms with E-state index in [0.29, 0.717) is 28.4 Å². The van der Waals surface area contributed by atoms with Crippen LogP contribution in [0.2, 0.25) is 0 Å². The minimum atomic E-state index is -0.696. The highest BCUT2D eigenvalue weighted by atomic mass is 35.5. The van der Waals surface area contributed by atoms with Gasteiger partial charge in [0.1, 0.15) is 41.0 Å². The van der Waals surface area contributed by atoms with E-state index in [1.165, 1.54) is 97.1 Å². The zero-order valence-electron chi connectivity index (χ0n) is 38.7. The van der Waals surface area contributed by atoms with Gasteiger partial charge in [0.15, 0.2) is 0 Å². The zero-order valence-corrected chi connectivity index (χ0v) is 39.4. The average molecular weight is 1030 g/mol. The standard InChI is InChI=1S/C20H13FN2O4.C13H10FNO.C7H4ClNO3.C7H6O2.C6H6FN.CH4O/c21-16-6-8-17(9-7-16)22-13-14-4-10-19(11-5-14)27-20(24)15-2-1-3-18(12-15)23(25)26;14-11-3-5-12(6-4-11)15-9-10-1-7-13(16)8-2-10;8-7(10)5-2-1-3-6(4-5)9(11)12;8-5-6-1-3-7(9)4-2-6;7-5-1-3-6(8)4-2-5;1-2/h1-13H;1-9,16H;1-4H;1-5,9H;1-4H,8H2;2H,1H3. The largest absolute Gasteiger partial charge is 0.508 e. The Hall–Kier alpha value is -9.85. The molecule has 0 radical (unpaired) electrons. The van der Waals surface area contributed by atoms with Crippen molar-refractivity contribution < 1.29 is 57.5 Å². The van der Waals surface area contributed by atoms with Crippen LogP contribution in [0.3, 0.4) is 0 Å². The van der Waals surface area contributed by atoms with E-state index < -0.39 is 21.1 Å². The van der Waals surface area contributed by atoms with Crippen LogP contribution >= 0.6 is 11.6 Å². The number of nitro groups is 2. The van der Waals surface area contributed by atoms with E-state index in [-0.39, 0.29) is 51.5 Å². The Morgan fingerprint density at radius 2 is 0.919 bits per heavy atom. The monoisotopic (exact) mass is 1030 g/mol. The molecule has 0 atom stereocenters. The second kappa shape index (κ2) is 31.4. The molecule has 0 aliphatic carbocycles. The van der Waals surface area contributed by atoms with E-state index in [2.05, 4.69) is 9.98 Å². The van der Waals surface area contributed by atoms with Crippen molar-refractivity contribution in [2.45, 2.75) is 0 Å². The molecular formula is C54H43ClF3N5O11. The van der Waals surface area contributed by atoms with Gasteiger partial charge in [-0.3, -0.25) is 39.8 Å². The van der Waals surface area contributed by atoms with Crippen LogP contribution in [0, 0.1) is 37.7 Å². The molecule has 8 aromatic rings. The second-order valence-electron chi connectivity index (χ2n) is 14.2. The average Bonchev–Trinajstić information content (AvgIpc) is 3.41. The van der Waals surface area contributed by atoms with Crippen molar-refractivity contribution in [3.8, 4) is 17.2 Å². The molecule has 20 heteroatoms. The molecule has 0 saturated carbocycles. The van der Waals surface area contributed by atoms with Gasteiger partial charge in [-0.1, -0.05) is 12.1 Å². The van der Waals surface area contributed by atoms with E-state index in [4.69, 9.17) is 37.4 Å². The summed E-state index contributed by atoms with van der Waals surface area (Å²) in [7, 11) is 1.00. The molecule has 0 unspecified atom stereocenters. The predicted molar refractivity (Wildman–Crippen MR) is 276 cm³/mol. The molecule has 0 spiro atoms. The maximum atomic E-state index is 12.9. The van der Waals surface area contributed by atoms with E-state index >= 15 is 0 Å². The summed E-state index contributed by atoms with van der Waals surface area (Å²) < 4.78 is 42.7. The van der Waals surface area contributed by atoms with Gasteiger partial charge in [0.25, 0.3) is 16.6 Å². The van der Waals surface area contributed by atoms with Crippen LogP contribution in [0.1, 0.15) is 42.2 Å². The third-order valence-electron chi connectivity index (χ3n) is 8.84. The van der Waals surface area contributed by atoms with Crippen molar-refractivity contribution in [3.05, 3.63) is 260 Å². The Morgan fingerprint density at radius 1 is 0.554 bits per heavy atom. The van der Waals surface area contributed by atoms with Crippen LogP contribution in [-0.4, -0.2) is 62.2 Å². The summed E-state index contributed by atoms with van der Waals surface area (Å²) in [6, 6.07) is 47.3. The fourth-order valence-electron chi connectivity index (χ4n) is 5.20. The summed E-state index contributed by atoms with van der Waals surface area (Å²) in [6.45, 7) is 0. The highest BCUT2D eigenvalue weighted by molar-refractivity contribution is 6.67. The van der Waals surface area contributed by atoms with Gasteiger partial charge in [-0.15, -0.1) is 0 Å². The molecule has 0 aromatic heterocycles. The number of carbonyl (C=O) groups excluding carboxylic acids is 3. The van der Waals surface area contributed by atoms with Gasteiger partial charge in [-0.2, -0.15) is 0 Å². The second-order valence-corrected chi connectivity index (χ2v) is 14.5. The van der Waals surface area contributed by atoms with Crippen molar-refractivity contribution >= 4 is 70.0 Å². The van der Waals surface area contributed by atoms with Gasteiger partial charge in [-0.05, 0) is 180 Å². The third-order valence-corrected chi connectivity index (χ3v) is 9.06. The SMILES string of the molecule is CO.Nc1ccc(F)cc1.O=C(Cl)c1cccc([N+](=O)[O-])c1.O=C(Oc1ccc(C=Nc2ccc(F)cc2)cc1)c1cccc([N+](=O)[O-])c1.O=Cc1ccc(O)cc1.Oc1ccc(C=Nc2ccc(F)cc2)cc1. The van der Waals surface area contributed by atoms with E-state index in [1.807, 2.05) is 0 Å². The molecule has 0 fully saturated rings. The molecule has 0 bridgehead atoms. The fraction of sp³-hybridized carbons (Fsp3) is 0.0185. The summed E-state index contributed by atoms with van der Waals surface area (Å²) in [5.41, 5.74) is 9.26. The Bertz CT molecular complexity index is 3010. The number of nitro benzene ring substituents is 2. The number of aliphatic hydroxyl groups excluding tert-OH is 1. The molecule has 8 aromatic carbocycles. The highest BCUT2D eigenvalue weighted by Crippen LogP contribution is 2.19. The number of benzene rings is 8. The normalized spacial score (nSPS) is 9.92. The molecule has 0 saturated heterocycles. The number of anilines is 1. The summed E-state index contributed by atoms with van der Waals surface area (Å²) in [4.78, 5) is 60.9. The molecule has 5 N–H and O–H groups in total. The van der Waals surface area contributed by atoms with Crippen LogP contribution < -0.4 is 10.5 Å². The Balaban J connectivity index is 0.000000262. The van der Waals surface area contributed by atoms with E-state index in [0.717, 1.165) is 36.7 Å². The number of aliphatic hydroxyl groups is 1. The molecule has 0 amide bonds. The number of carbonyl (C=O) groups is 3. The first kappa shape index (κ1) is 58.5. The molecule has 74 heavy (non-hydrogen) atoms. The van der Waals surface area contributed by atoms with Crippen molar-refractivity contribution in [1.29, 1.82) is 0 Å². The first-order valence-electron chi connectivity index (χ1n) is 21.1. The van der Waals surface area contributed by atoms with Crippen LogP contribution in [0.25, 0.3) is 0 Å². The highest BCUT2D eigenvalue weighted by Gasteiger charge is 2.13. The lowest BCUT2D eigenvalue weighted by molar-refractivity contribution is -0.385. The predicted octanol–water partition coefficient (Wildman–Crippen LogP) is 12.2. The number of phenolic OH excluding ortho intramolecular Hbond substituents is 2. The van der Waals surface area contributed by atoms with Gasteiger partial charge < -0.3 is 25.8 Å². The van der Waals surface area contributed by atoms with Crippen LogP contribution in [0.15, 0.2) is 204 Å². The Morgan fingerprint density at radius 3 is 1.30 bits per heavy atom. The maximum Gasteiger partial charge on any atom is 0.343 e. The van der Waals surface area contributed by atoms with Gasteiger partial charge in [0.2, 0.25) is 0 Å². The number of hydrogen-bond acceptors (Lipinski definition) is 14. The molecule has 8 rings (SSSR count). The van der Waals surface area contributed by atoms with Crippen molar-refractivity contribution in [1.82, 2.24) is 0 Å². The molecule has 0 heterocycles. The zero-order chi connectivity index (χ0) is 54.4. The van der Waals surface area contributed by atoms with Crippen LogP contribution in [-0.2, 0) is 0 Å². The number of nitrogens with two attached hydrogens (primary N) is 1. The lowest BCUT2D eigenvalue weighted by Crippen LogP contribution is -2.08. The number of aldehydes is 1. The van der Waals surface area contributed by atoms with Gasteiger partial charge in [-0.25, -0.2) is 18.0 Å². The van der Waals surface area contributed by atoms with Crippen LogP contribution in [0.4, 0.5) is 41.6 Å². The number of aliphatic imine (C=N–C) groups is 2. The number of hydrogen-bond donors (Lipinski definition) is 4. The number of rotatable bonds is 10. The van der Waals surface area contributed by atoms with E-state index in [9.17, 15) is 47.8 Å². The molecule has 0 aliphatic heterocycles. The van der Waals surface area contributed by atoms with Gasteiger partial charge in [0.05, 0.1) is 26.8 Å². The quantitative estimate of drug-likeness (QED) is 0.0146. The number of esters is 1. The lowest BCUT2D eigenvalue weighted by atomic mass is 10.2. The fourth-order valence-corrected chi connectivity index (χ4v) is 5.32. The molecule has 0 aliphatic rings. The van der Waals surface area contributed by atoms with Crippen molar-refractivity contribution in [2.75, 3.05) is 12.8 Å². The Kier molecular flexibility index (Phi) is 24.8.